The van der Waals surface area contributed by atoms with E-state index in [1.807, 2.05) is 0 Å². The van der Waals surface area contributed by atoms with Crippen molar-refractivity contribution in [3.63, 3.8) is 0 Å². The van der Waals surface area contributed by atoms with Crippen molar-refractivity contribution >= 4 is 39.9 Å². The molecule has 0 unspecified atom stereocenters. The molecule has 160 valence electrons. The Balaban J connectivity index is 1.57. The lowest BCUT2D eigenvalue weighted by Crippen LogP contribution is -2.15. The Morgan fingerprint density at radius 1 is 1.39 bits per heavy atom. The van der Waals surface area contributed by atoms with Crippen molar-refractivity contribution in [3.05, 3.63) is 35.6 Å². The molecule has 0 aliphatic heterocycles. The van der Waals surface area contributed by atoms with E-state index in [2.05, 4.69) is 25.5 Å². The van der Waals surface area contributed by atoms with Crippen LogP contribution in [-0.4, -0.2) is 42.7 Å². The molecule has 1 fully saturated rings. The molecule has 8 nitrogen and oxygen atoms in total. The molecule has 3 heterocycles. The quantitative estimate of drug-likeness (QED) is 0.480. The van der Waals surface area contributed by atoms with Gasteiger partial charge in [0.25, 0.3) is 0 Å². The molecule has 3 aromatic heterocycles. The maximum Gasteiger partial charge on any atom is 0.231 e. The highest BCUT2D eigenvalue weighted by molar-refractivity contribution is 6.35. The number of alkyl halides is 1. The third-order valence-electron chi connectivity index (χ3n) is 5.00. The Hall–Kier alpha value is -3.27. The number of hydrogen-bond acceptors (Lipinski definition) is 5. The van der Waals surface area contributed by atoms with E-state index >= 15 is 4.39 Å². The first-order valence-corrected chi connectivity index (χ1v) is 10.0. The maximum atomic E-state index is 15.1. The number of fused-ring (bicyclic) bond motifs is 2. The minimum absolute atomic E-state index is 0.00352. The number of carbonyl (C=O) groups excluding carboxylic acids is 1. The van der Waals surface area contributed by atoms with Crippen LogP contribution in [0.2, 0.25) is 5.02 Å². The van der Waals surface area contributed by atoms with Gasteiger partial charge in [-0.15, -0.1) is 0 Å². The van der Waals surface area contributed by atoms with Gasteiger partial charge in [-0.05, 0) is 20.3 Å². The predicted octanol–water partition coefficient (Wildman–Crippen LogP) is 4.15. The number of nitrogens with one attached hydrogen (secondary N) is 2. The van der Waals surface area contributed by atoms with E-state index in [9.17, 15) is 9.18 Å². The number of ether oxygens (including phenoxy) is 1. The van der Waals surface area contributed by atoms with Crippen molar-refractivity contribution in [2.45, 2.75) is 32.5 Å². The van der Waals surface area contributed by atoms with E-state index in [4.69, 9.17) is 16.3 Å². The molecule has 1 aliphatic rings. The van der Waals surface area contributed by atoms with Crippen molar-refractivity contribution in [2.24, 2.45) is 5.92 Å². The van der Waals surface area contributed by atoms with Gasteiger partial charge in [-0.3, -0.25) is 14.9 Å². The molecule has 2 N–H and O–H groups in total. The first-order valence-electron chi connectivity index (χ1n) is 9.64. The Labute approximate surface area is 179 Å². The minimum atomic E-state index is -1.10. The van der Waals surface area contributed by atoms with Crippen LogP contribution >= 0.6 is 11.6 Å². The maximum absolute atomic E-state index is 15.1. The summed E-state index contributed by atoms with van der Waals surface area (Å²) in [6.07, 6.45) is 5.05. The highest BCUT2D eigenvalue weighted by Crippen LogP contribution is 2.42. The molecule has 0 spiro atoms. The van der Waals surface area contributed by atoms with Gasteiger partial charge < -0.3 is 14.5 Å². The van der Waals surface area contributed by atoms with Gasteiger partial charge in [0, 0.05) is 17.1 Å². The number of aromatic amines is 1. The number of anilines is 1. The molecule has 4 aromatic rings. The first kappa shape index (κ1) is 19.7. The van der Waals surface area contributed by atoms with Crippen LogP contribution in [-0.2, 0) is 4.79 Å². The van der Waals surface area contributed by atoms with Crippen LogP contribution in [0, 0.1) is 11.7 Å². The van der Waals surface area contributed by atoms with Crippen LogP contribution in [0.25, 0.3) is 27.8 Å². The highest BCUT2D eigenvalue weighted by atomic mass is 35.5. The fourth-order valence-electron chi connectivity index (χ4n) is 3.43. The van der Waals surface area contributed by atoms with E-state index in [1.54, 1.807) is 30.6 Å². The van der Waals surface area contributed by atoms with Crippen molar-refractivity contribution in [1.29, 1.82) is 0 Å². The summed E-state index contributed by atoms with van der Waals surface area (Å²) in [5.41, 5.74) is 1.54. The van der Waals surface area contributed by atoms with Crippen molar-refractivity contribution in [3.8, 4) is 17.0 Å². The average Bonchev–Trinajstić information content (AvgIpc) is 3.11. The second-order valence-corrected chi connectivity index (χ2v) is 8.05. The third-order valence-corrected chi connectivity index (χ3v) is 5.35. The molecule has 2 atom stereocenters. The molecule has 0 bridgehead atoms. The van der Waals surface area contributed by atoms with Crippen LogP contribution < -0.4 is 10.1 Å². The monoisotopic (exact) mass is 446 g/mol. The lowest BCUT2D eigenvalue weighted by molar-refractivity contribution is -0.117. The van der Waals surface area contributed by atoms with Crippen LogP contribution in [0.15, 0.2) is 24.8 Å². The van der Waals surface area contributed by atoms with Gasteiger partial charge >= 0.3 is 0 Å². The van der Waals surface area contributed by atoms with E-state index in [0.717, 1.165) is 0 Å². The van der Waals surface area contributed by atoms with E-state index < -0.39 is 23.8 Å². The zero-order valence-electron chi connectivity index (χ0n) is 16.5. The summed E-state index contributed by atoms with van der Waals surface area (Å²) in [6, 6.07) is 0. The molecular formula is C20H17ClF2N6O2. The average molecular weight is 447 g/mol. The van der Waals surface area contributed by atoms with Crippen LogP contribution in [0.5, 0.6) is 5.75 Å². The van der Waals surface area contributed by atoms with Gasteiger partial charge in [-0.1, -0.05) is 11.6 Å². The van der Waals surface area contributed by atoms with E-state index in [-0.39, 0.29) is 29.1 Å². The Morgan fingerprint density at radius 2 is 2.16 bits per heavy atom. The second-order valence-electron chi connectivity index (χ2n) is 7.67. The lowest BCUT2D eigenvalue weighted by atomic mass is 10.1. The molecule has 1 aromatic carbocycles. The van der Waals surface area contributed by atoms with Gasteiger partial charge in [-0.25, -0.2) is 13.8 Å². The molecule has 0 radical (unpaired) electrons. The van der Waals surface area contributed by atoms with Crippen molar-refractivity contribution in [1.82, 2.24) is 24.6 Å². The SMILES string of the molecule is CC(C)Oc1c(F)c(Cl)c(-c2cn3cc(NC(=O)[C@@H]4C[C@@H]4F)nc3cn2)c2cn[nH]c12. The molecule has 0 saturated heterocycles. The van der Waals surface area contributed by atoms with Crippen molar-refractivity contribution < 1.29 is 18.3 Å². The number of halogens is 3. The van der Waals surface area contributed by atoms with Gasteiger partial charge in [-0.2, -0.15) is 5.10 Å². The lowest BCUT2D eigenvalue weighted by Gasteiger charge is -2.15. The van der Waals surface area contributed by atoms with Crippen LogP contribution in [0.1, 0.15) is 20.3 Å². The van der Waals surface area contributed by atoms with Gasteiger partial charge in [0.15, 0.2) is 23.0 Å². The summed E-state index contributed by atoms with van der Waals surface area (Å²) in [5.74, 6) is -1.48. The number of H-pyrrole nitrogens is 1. The first-order chi connectivity index (χ1) is 14.8. The standard InChI is InChI=1S/C20H17ClF2N6O2/c1-8(2)31-19-17(23)16(21)15(10-4-25-28-18(10)19)12-6-29-7-13(26-14(29)5-24-12)27-20(30)9-3-11(9)22/h4-9,11H,3H2,1-2H3,(H,25,28)(H,27,30)/t9-,11+/m1/s1. The fourth-order valence-corrected chi connectivity index (χ4v) is 3.71. The Kier molecular flexibility index (Phi) is 4.54. The predicted molar refractivity (Wildman–Crippen MR) is 110 cm³/mol. The summed E-state index contributed by atoms with van der Waals surface area (Å²) < 4.78 is 35.4. The zero-order chi connectivity index (χ0) is 21.9. The number of imidazole rings is 1. The molecule has 1 saturated carbocycles. The zero-order valence-corrected chi connectivity index (χ0v) is 17.2. The Morgan fingerprint density at radius 3 is 2.87 bits per heavy atom. The molecule has 1 amide bonds. The molecule has 5 rings (SSSR count). The minimum Gasteiger partial charge on any atom is -0.486 e. The van der Waals surface area contributed by atoms with Gasteiger partial charge in [0.05, 0.1) is 41.3 Å². The number of rotatable bonds is 5. The summed E-state index contributed by atoms with van der Waals surface area (Å²) in [5, 5.41) is 9.77. The van der Waals surface area contributed by atoms with Gasteiger partial charge in [0.1, 0.15) is 11.7 Å². The second kappa shape index (κ2) is 7.16. The van der Waals surface area contributed by atoms with Crippen LogP contribution in [0.4, 0.5) is 14.6 Å². The molecule has 31 heavy (non-hydrogen) atoms. The summed E-state index contributed by atoms with van der Waals surface area (Å²) in [6.45, 7) is 3.57. The van der Waals surface area contributed by atoms with E-state index in [0.29, 0.717) is 27.8 Å². The summed E-state index contributed by atoms with van der Waals surface area (Å²) in [7, 11) is 0. The topological polar surface area (TPSA) is 97.2 Å². The largest absolute Gasteiger partial charge is 0.486 e. The number of nitrogens with zero attached hydrogens (tertiary/aromatic N) is 4. The summed E-state index contributed by atoms with van der Waals surface area (Å²) >= 11 is 6.38. The molecule has 11 heteroatoms. The number of hydrogen-bond donors (Lipinski definition) is 2. The Bertz CT molecular complexity index is 1330. The normalized spacial score (nSPS) is 18.1. The van der Waals surface area contributed by atoms with Crippen LogP contribution in [0.3, 0.4) is 0 Å². The highest BCUT2D eigenvalue weighted by Gasteiger charge is 2.43. The van der Waals surface area contributed by atoms with E-state index in [1.165, 1.54) is 12.4 Å². The number of aromatic nitrogens is 5. The number of amides is 1. The molecule has 1 aliphatic carbocycles. The number of carbonyl (C=O) groups is 1. The van der Waals surface area contributed by atoms with Gasteiger partial charge in [0.2, 0.25) is 5.91 Å². The van der Waals surface area contributed by atoms with Crippen molar-refractivity contribution in [2.75, 3.05) is 5.32 Å². The third kappa shape index (κ3) is 3.36. The number of benzene rings is 1. The summed E-state index contributed by atoms with van der Waals surface area (Å²) in [4.78, 5) is 20.6. The molecular weight excluding hydrogens is 430 g/mol. The fraction of sp³-hybridized carbons (Fsp3) is 0.300. The smallest absolute Gasteiger partial charge is 0.231 e.